The van der Waals surface area contributed by atoms with Gasteiger partial charge in [0.25, 0.3) is 11.8 Å². The molecule has 8 bridgehead atoms. The minimum atomic E-state index is -0.904. The van der Waals surface area contributed by atoms with Crippen LogP contribution in [0.25, 0.3) is 33.3 Å². The fraction of sp³-hybridized carbons (Fsp3) is 0.425. The number of nitrogens with one attached hydrogen (secondary N) is 2. The van der Waals surface area contributed by atoms with E-state index in [4.69, 9.17) is 14.7 Å². The summed E-state index contributed by atoms with van der Waals surface area (Å²) in [5.41, 5.74) is 11.4. The van der Waals surface area contributed by atoms with Gasteiger partial charge < -0.3 is 19.8 Å². The average molecular weight is 691 g/mol. The normalized spacial score (nSPS) is 20.0. The number of aromatic nitrogens is 4. The van der Waals surface area contributed by atoms with Crippen molar-refractivity contribution in [3.05, 3.63) is 81.7 Å². The zero-order chi connectivity index (χ0) is 36.1. The van der Waals surface area contributed by atoms with E-state index in [0.717, 1.165) is 82.4 Å². The van der Waals surface area contributed by atoms with Gasteiger partial charge in [-0.15, -0.1) is 0 Å². The van der Waals surface area contributed by atoms with Gasteiger partial charge in [-0.3, -0.25) is 24.2 Å². The molecule has 266 valence electrons. The highest BCUT2D eigenvalue weighted by molar-refractivity contribution is 6.23. The highest BCUT2D eigenvalue weighted by Crippen LogP contribution is 2.44. The quantitative estimate of drug-likeness (QED) is 0.242. The molecular formula is C40H46N6O5. The van der Waals surface area contributed by atoms with Crippen LogP contribution >= 0.6 is 0 Å². The van der Waals surface area contributed by atoms with Gasteiger partial charge in [-0.05, 0) is 80.5 Å². The Bertz CT molecular complexity index is 2110. The molecule has 1 saturated heterocycles. The van der Waals surface area contributed by atoms with E-state index in [1.807, 2.05) is 38.1 Å². The minimum absolute atomic E-state index is 0.0654. The minimum Gasteiger partial charge on any atom is -0.481 e. The summed E-state index contributed by atoms with van der Waals surface area (Å²) in [5.74, 6) is -2.08. The Labute approximate surface area is 297 Å². The van der Waals surface area contributed by atoms with Crippen LogP contribution in [0.1, 0.15) is 126 Å². The van der Waals surface area contributed by atoms with Crippen LogP contribution in [0.3, 0.4) is 0 Å². The Morgan fingerprint density at radius 1 is 0.980 bits per heavy atom. The molecule has 3 N–H and O–H groups in total. The first-order valence-corrected chi connectivity index (χ1v) is 18.0. The van der Waals surface area contributed by atoms with Crippen molar-refractivity contribution in [1.29, 1.82) is 0 Å². The van der Waals surface area contributed by atoms with Crippen LogP contribution in [0.15, 0.2) is 30.9 Å². The van der Waals surface area contributed by atoms with Gasteiger partial charge in [-0.1, -0.05) is 26.5 Å². The molecule has 7 rings (SSSR count). The van der Waals surface area contributed by atoms with Gasteiger partial charge in [0.2, 0.25) is 0 Å². The summed E-state index contributed by atoms with van der Waals surface area (Å²) in [6.07, 6.45) is 3.45. The molecule has 7 heterocycles. The van der Waals surface area contributed by atoms with Gasteiger partial charge >= 0.3 is 5.97 Å². The first kappa shape index (κ1) is 34.6. The van der Waals surface area contributed by atoms with Crippen molar-refractivity contribution in [3.8, 4) is 0 Å². The molecule has 0 radical (unpaired) electrons. The zero-order valence-corrected chi connectivity index (χ0v) is 30.1. The third kappa shape index (κ3) is 6.02. The number of hydrogen-bond acceptors (Lipinski definition) is 7. The summed E-state index contributed by atoms with van der Waals surface area (Å²) < 4.78 is 5.50. The second kappa shape index (κ2) is 13.7. The number of hydrogen-bond donors (Lipinski definition) is 3. The Balaban J connectivity index is 1.51. The number of aliphatic carboxylic acids is 1. The molecule has 11 nitrogen and oxygen atoms in total. The number of H-pyrrole nitrogens is 2. The van der Waals surface area contributed by atoms with Crippen LogP contribution in [0, 0.1) is 6.92 Å². The summed E-state index contributed by atoms with van der Waals surface area (Å²) in [5, 5.41) is 9.76. The standard InChI is InChI=1S/C40H46N6O5/c1-7-25-21(3)28-18-30-23(5)27(10-11-34(47)48)37(43-30)36-38-35(39(49)46(40(36)50)13-9-12-45-14-16-51-17-15-45)24(6)31(44-38)20-33-26(8-2)22(4)29(42-33)19-32(25)41-28/h7,18-20,23,27,43-44H,1,8-17H2,2-6H3,(H,47,48)/t23-,27-/m0/s1. The maximum absolute atomic E-state index is 14.7. The number of amides is 2. The number of imide groups is 1. The number of aryl methyl sites for hydroxylation is 1. The van der Waals surface area contributed by atoms with Crippen molar-refractivity contribution in [2.24, 2.45) is 0 Å². The number of rotatable bonds is 9. The number of allylic oxidation sites excluding steroid dienone is 5. The van der Waals surface area contributed by atoms with Crippen molar-refractivity contribution in [2.45, 2.75) is 72.1 Å². The van der Waals surface area contributed by atoms with Crippen molar-refractivity contribution >= 4 is 51.1 Å². The molecule has 2 atom stereocenters. The lowest BCUT2D eigenvalue weighted by Gasteiger charge is -2.29. The maximum atomic E-state index is 14.7. The van der Waals surface area contributed by atoms with Gasteiger partial charge in [-0.25, -0.2) is 9.97 Å². The number of carboxylic acid groups (broad SMARTS) is 1. The number of morpholine rings is 1. The summed E-state index contributed by atoms with van der Waals surface area (Å²) in [6, 6.07) is 6.00. The molecule has 0 unspecified atom stereocenters. The number of nitrogens with zero attached hydrogens (tertiary/aromatic N) is 4. The molecule has 5 aliphatic heterocycles. The summed E-state index contributed by atoms with van der Waals surface area (Å²) in [6.45, 7) is 18.2. The van der Waals surface area contributed by atoms with Crippen LogP contribution in [0.2, 0.25) is 0 Å². The van der Waals surface area contributed by atoms with Crippen molar-refractivity contribution in [1.82, 2.24) is 29.7 Å². The molecule has 0 saturated carbocycles. The Morgan fingerprint density at radius 2 is 1.69 bits per heavy atom. The van der Waals surface area contributed by atoms with Gasteiger partial charge in [0.15, 0.2) is 0 Å². The van der Waals surface area contributed by atoms with Gasteiger partial charge in [-0.2, -0.15) is 0 Å². The third-order valence-electron chi connectivity index (χ3n) is 11.2. The summed E-state index contributed by atoms with van der Waals surface area (Å²) >= 11 is 0. The fourth-order valence-electron chi connectivity index (χ4n) is 8.19. The second-order valence-electron chi connectivity index (χ2n) is 14.1. The Hall–Kier alpha value is -4.87. The monoisotopic (exact) mass is 690 g/mol. The molecule has 51 heavy (non-hydrogen) atoms. The van der Waals surface area contributed by atoms with E-state index in [0.29, 0.717) is 53.9 Å². The molecule has 0 aliphatic carbocycles. The van der Waals surface area contributed by atoms with Gasteiger partial charge in [0.05, 0.1) is 52.6 Å². The zero-order valence-electron chi connectivity index (χ0n) is 30.1. The second-order valence-corrected chi connectivity index (χ2v) is 14.1. The molecule has 2 aromatic rings. The number of carboxylic acids is 1. The lowest BCUT2D eigenvalue weighted by Crippen LogP contribution is -2.43. The van der Waals surface area contributed by atoms with E-state index in [2.05, 4.69) is 42.2 Å². The van der Waals surface area contributed by atoms with Crippen LogP contribution in [-0.2, 0) is 9.53 Å². The first-order chi connectivity index (χ1) is 24.5. The third-order valence-corrected chi connectivity index (χ3v) is 11.2. The number of aromatic amines is 2. The fourth-order valence-corrected chi connectivity index (χ4v) is 8.19. The topological polar surface area (TPSA) is 145 Å². The van der Waals surface area contributed by atoms with Crippen molar-refractivity contribution in [2.75, 3.05) is 39.4 Å². The Morgan fingerprint density at radius 3 is 2.39 bits per heavy atom. The molecule has 0 spiro atoms. The number of ether oxygens (including phenoxy) is 1. The lowest BCUT2D eigenvalue weighted by molar-refractivity contribution is -0.137. The molecule has 11 heteroatoms. The predicted molar refractivity (Wildman–Crippen MR) is 198 cm³/mol. The number of carbonyl (C=O) groups excluding carboxylic acids is 2. The van der Waals surface area contributed by atoms with E-state index >= 15 is 0 Å². The molecule has 2 amide bonds. The molecule has 1 fully saturated rings. The highest BCUT2D eigenvalue weighted by Gasteiger charge is 2.40. The molecule has 5 aliphatic rings. The Kier molecular flexibility index (Phi) is 9.28. The smallest absolute Gasteiger partial charge is 0.303 e. The SMILES string of the molecule is C=CC1=C(C)c2cc3[nH]c(c4c5[nH]c(cc6nc(cc1n2)C(C)=C6CC)c(C)c5C(=O)N(CCCN1CCOCC1)C4=O)[C@@H](CCC(=O)O)[C@@H]3C. The van der Waals surface area contributed by atoms with E-state index in [9.17, 15) is 19.5 Å². The number of carbonyl (C=O) groups is 3. The maximum Gasteiger partial charge on any atom is 0.303 e. The van der Waals surface area contributed by atoms with Crippen LogP contribution in [0.5, 0.6) is 0 Å². The van der Waals surface area contributed by atoms with E-state index < -0.39 is 5.97 Å². The van der Waals surface area contributed by atoms with Crippen molar-refractivity contribution in [3.63, 3.8) is 0 Å². The predicted octanol–water partition coefficient (Wildman–Crippen LogP) is 6.87. The summed E-state index contributed by atoms with van der Waals surface area (Å²) in [4.78, 5) is 61.9. The van der Waals surface area contributed by atoms with E-state index in [1.54, 1.807) is 0 Å². The van der Waals surface area contributed by atoms with Crippen LogP contribution in [0.4, 0.5) is 0 Å². The molecule has 2 aromatic heterocycles. The molecule has 0 aromatic carbocycles. The van der Waals surface area contributed by atoms with Gasteiger partial charge in [0, 0.05) is 66.9 Å². The number of fused-ring (bicyclic) bond motifs is 8. The van der Waals surface area contributed by atoms with Crippen LogP contribution in [-0.4, -0.2) is 92.0 Å². The highest BCUT2D eigenvalue weighted by atomic mass is 16.5. The molecular weight excluding hydrogens is 644 g/mol. The largest absolute Gasteiger partial charge is 0.481 e. The van der Waals surface area contributed by atoms with Crippen molar-refractivity contribution < 1.29 is 24.2 Å². The average Bonchev–Trinajstić information content (AvgIpc) is 3.78. The van der Waals surface area contributed by atoms with E-state index in [-0.39, 0.29) is 36.6 Å². The summed E-state index contributed by atoms with van der Waals surface area (Å²) in [7, 11) is 0. The van der Waals surface area contributed by atoms with E-state index in [1.165, 1.54) is 4.90 Å². The lowest BCUT2D eigenvalue weighted by atomic mass is 9.84. The first-order valence-electron chi connectivity index (χ1n) is 18.0. The van der Waals surface area contributed by atoms with Crippen LogP contribution < -0.4 is 0 Å². The van der Waals surface area contributed by atoms with Gasteiger partial charge in [0.1, 0.15) is 0 Å².